The normalized spacial score (nSPS) is 27.6. The Kier molecular flexibility index (Phi) is 4.85. The molecule has 2 heteroatoms. The maximum absolute atomic E-state index is 3.67. The molecule has 0 aliphatic heterocycles. The van der Waals surface area contributed by atoms with Gasteiger partial charge in [0.05, 0.1) is 0 Å². The van der Waals surface area contributed by atoms with E-state index >= 15 is 0 Å². The lowest BCUT2D eigenvalue weighted by atomic mass is 9.82. The minimum Gasteiger partial charge on any atom is -0.314 e. The van der Waals surface area contributed by atoms with Crippen LogP contribution in [0, 0.1) is 5.41 Å². The first-order valence-electron chi connectivity index (χ1n) is 7.09. The fourth-order valence-corrected chi connectivity index (χ4v) is 3.36. The van der Waals surface area contributed by atoms with E-state index in [0.29, 0.717) is 5.41 Å². The third-order valence-corrected chi connectivity index (χ3v) is 4.59. The van der Waals surface area contributed by atoms with Crippen LogP contribution in [0.1, 0.15) is 45.1 Å². The quantitative estimate of drug-likeness (QED) is 0.841. The Hall–Kier alpha value is -0.340. The molecule has 1 N–H and O–H groups in total. The summed E-state index contributed by atoms with van der Waals surface area (Å²) in [6.07, 6.45) is 6.46. The molecule has 1 aromatic rings. The Labute approximate surface area is 119 Å². The molecule has 1 aliphatic carbocycles. The highest BCUT2D eigenvalue weighted by Crippen LogP contribution is 2.40. The Morgan fingerprint density at radius 3 is 2.72 bits per heavy atom. The summed E-state index contributed by atoms with van der Waals surface area (Å²) >= 11 is 3.50. The number of benzene rings is 1. The lowest BCUT2D eigenvalue weighted by Gasteiger charge is -2.24. The molecule has 0 spiro atoms. The van der Waals surface area contributed by atoms with E-state index in [1.54, 1.807) is 0 Å². The van der Waals surface area contributed by atoms with Crippen molar-refractivity contribution < 1.29 is 0 Å². The van der Waals surface area contributed by atoms with Crippen molar-refractivity contribution in [2.45, 2.75) is 52.0 Å². The Morgan fingerprint density at radius 1 is 1.33 bits per heavy atom. The molecule has 0 radical (unpaired) electrons. The highest BCUT2D eigenvalue weighted by Gasteiger charge is 2.34. The average molecular weight is 310 g/mol. The van der Waals surface area contributed by atoms with Crippen LogP contribution in [0.2, 0.25) is 0 Å². The second kappa shape index (κ2) is 6.21. The van der Waals surface area contributed by atoms with Crippen molar-refractivity contribution in [3.05, 3.63) is 34.3 Å². The molecule has 1 aromatic carbocycles. The van der Waals surface area contributed by atoms with Crippen LogP contribution in [-0.2, 0) is 6.42 Å². The van der Waals surface area contributed by atoms with Crippen LogP contribution in [0.5, 0.6) is 0 Å². The Morgan fingerprint density at radius 2 is 2.06 bits per heavy atom. The first-order chi connectivity index (χ1) is 8.61. The smallest absolute Gasteiger partial charge is 0.0175 e. The van der Waals surface area contributed by atoms with Crippen LogP contribution in [0.15, 0.2) is 28.7 Å². The van der Waals surface area contributed by atoms with Crippen LogP contribution in [0.3, 0.4) is 0 Å². The fraction of sp³-hybridized carbons (Fsp3) is 0.625. The molecule has 0 bridgehead atoms. The zero-order valence-corrected chi connectivity index (χ0v) is 13.1. The second-order valence-electron chi connectivity index (χ2n) is 6.01. The van der Waals surface area contributed by atoms with Gasteiger partial charge in [-0.05, 0) is 61.8 Å². The second-order valence-corrected chi connectivity index (χ2v) is 6.92. The van der Waals surface area contributed by atoms with Crippen molar-refractivity contribution in [1.29, 1.82) is 0 Å². The van der Waals surface area contributed by atoms with Crippen molar-refractivity contribution >= 4 is 15.9 Å². The monoisotopic (exact) mass is 309 g/mol. The van der Waals surface area contributed by atoms with Gasteiger partial charge in [-0.2, -0.15) is 0 Å². The average Bonchev–Trinajstić information content (AvgIpc) is 2.71. The number of nitrogens with one attached hydrogen (secondary N) is 1. The first-order valence-corrected chi connectivity index (χ1v) is 7.88. The van der Waals surface area contributed by atoms with Crippen LogP contribution < -0.4 is 5.32 Å². The van der Waals surface area contributed by atoms with Crippen LogP contribution in [0.25, 0.3) is 0 Å². The molecule has 1 fully saturated rings. The largest absolute Gasteiger partial charge is 0.314 e. The fourth-order valence-electron chi connectivity index (χ4n) is 3.10. The summed E-state index contributed by atoms with van der Waals surface area (Å²) in [6.45, 7) is 5.85. The van der Waals surface area contributed by atoms with Gasteiger partial charge in [-0.3, -0.25) is 0 Å². The highest BCUT2D eigenvalue weighted by molar-refractivity contribution is 9.10. The molecular formula is C16H24BrN. The molecule has 0 heterocycles. The number of hydrogen-bond donors (Lipinski definition) is 1. The van der Waals surface area contributed by atoms with Gasteiger partial charge >= 0.3 is 0 Å². The van der Waals surface area contributed by atoms with E-state index in [4.69, 9.17) is 0 Å². The van der Waals surface area contributed by atoms with E-state index in [1.165, 1.54) is 48.7 Å². The van der Waals surface area contributed by atoms with E-state index in [1.807, 2.05) is 0 Å². The topological polar surface area (TPSA) is 12.0 Å². The third-order valence-electron chi connectivity index (χ3n) is 4.06. The summed E-state index contributed by atoms with van der Waals surface area (Å²) < 4.78 is 1.17. The number of halogens is 1. The molecule has 2 rings (SSSR count). The summed E-state index contributed by atoms with van der Waals surface area (Å²) in [6, 6.07) is 9.55. The summed E-state index contributed by atoms with van der Waals surface area (Å²) in [7, 11) is 0. The van der Waals surface area contributed by atoms with Crippen molar-refractivity contribution in [3.8, 4) is 0 Å². The van der Waals surface area contributed by atoms with E-state index in [0.717, 1.165) is 6.04 Å². The van der Waals surface area contributed by atoms with Crippen molar-refractivity contribution in [3.63, 3.8) is 0 Å². The van der Waals surface area contributed by atoms with E-state index < -0.39 is 0 Å². The van der Waals surface area contributed by atoms with Gasteiger partial charge in [0, 0.05) is 10.5 Å². The summed E-state index contributed by atoms with van der Waals surface area (Å²) in [5, 5.41) is 3.67. The molecule has 0 amide bonds. The third kappa shape index (κ3) is 3.83. The molecule has 2 unspecified atom stereocenters. The summed E-state index contributed by atoms with van der Waals surface area (Å²) in [5.74, 6) is 0. The summed E-state index contributed by atoms with van der Waals surface area (Å²) in [5.41, 5.74) is 1.95. The molecule has 100 valence electrons. The lowest BCUT2D eigenvalue weighted by Crippen LogP contribution is -2.28. The molecule has 1 nitrogen and oxygen atoms in total. The standard InChI is InChI=1S/C16H24BrN/c1-3-10-18-15-8-9-16(2,12-15)11-13-4-6-14(17)7-5-13/h4-7,15,18H,3,8-12H2,1-2H3. The lowest BCUT2D eigenvalue weighted by molar-refractivity contribution is 0.322. The van der Waals surface area contributed by atoms with Gasteiger partial charge in [0.15, 0.2) is 0 Å². The van der Waals surface area contributed by atoms with E-state index in [-0.39, 0.29) is 0 Å². The van der Waals surface area contributed by atoms with Gasteiger partial charge < -0.3 is 5.32 Å². The maximum Gasteiger partial charge on any atom is 0.0175 e. The predicted molar refractivity (Wildman–Crippen MR) is 81.9 cm³/mol. The van der Waals surface area contributed by atoms with Gasteiger partial charge in [-0.25, -0.2) is 0 Å². The molecule has 0 saturated heterocycles. The molecular weight excluding hydrogens is 286 g/mol. The van der Waals surface area contributed by atoms with Gasteiger partial charge in [-0.1, -0.05) is 41.9 Å². The minimum atomic E-state index is 0.485. The van der Waals surface area contributed by atoms with Crippen molar-refractivity contribution in [2.75, 3.05) is 6.54 Å². The zero-order chi connectivity index (χ0) is 13.0. The molecule has 2 atom stereocenters. The Bertz CT molecular complexity index is 373. The van der Waals surface area contributed by atoms with Crippen LogP contribution in [-0.4, -0.2) is 12.6 Å². The van der Waals surface area contributed by atoms with Gasteiger partial charge in [0.2, 0.25) is 0 Å². The van der Waals surface area contributed by atoms with Crippen molar-refractivity contribution in [1.82, 2.24) is 5.32 Å². The predicted octanol–water partition coefficient (Wildman–Crippen LogP) is 4.55. The first kappa shape index (κ1) is 14.1. The summed E-state index contributed by atoms with van der Waals surface area (Å²) in [4.78, 5) is 0. The van der Waals surface area contributed by atoms with E-state index in [9.17, 15) is 0 Å². The van der Waals surface area contributed by atoms with Crippen LogP contribution >= 0.6 is 15.9 Å². The zero-order valence-electron chi connectivity index (χ0n) is 11.5. The number of hydrogen-bond acceptors (Lipinski definition) is 1. The molecule has 0 aromatic heterocycles. The molecule has 18 heavy (non-hydrogen) atoms. The maximum atomic E-state index is 3.67. The van der Waals surface area contributed by atoms with Gasteiger partial charge in [-0.15, -0.1) is 0 Å². The van der Waals surface area contributed by atoms with Crippen LogP contribution in [0.4, 0.5) is 0 Å². The molecule has 1 saturated carbocycles. The number of rotatable bonds is 5. The highest BCUT2D eigenvalue weighted by atomic mass is 79.9. The minimum absolute atomic E-state index is 0.485. The molecule has 1 aliphatic rings. The Balaban J connectivity index is 1.91. The van der Waals surface area contributed by atoms with E-state index in [2.05, 4.69) is 59.4 Å². The SMILES string of the molecule is CCCNC1CCC(C)(Cc2ccc(Br)cc2)C1. The van der Waals surface area contributed by atoms with Crippen molar-refractivity contribution in [2.24, 2.45) is 5.41 Å². The van der Waals surface area contributed by atoms with Gasteiger partial charge in [0.25, 0.3) is 0 Å². The van der Waals surface area contributed by atoms with Gasteiger partial charge in [0.1, 0.15) is 0 Å².